The summed E-state index contributed by atoms with van der Waals surface area (Å²) >= 11 is 0. The second kappa shape index (κ2) is 3.35. The minimum absolute atomic E-state index is 0.379. The molecule has 14 heavy (non-hydrogen) atoms. The Morgan fingerprint density at radius 2 is 2.50 bits per heavy atom. The lowest BCUT2D eigenvalue weighted by molar-refractivity contribution is 0.00871. The van der Waals surface area contributed by atoms with E-state index in [0.29, 0.717) is 12.3 Å². The van der Waals surface area contributed by atoms with Crippen LogP contribution in [0.2, 0.25) is 0 Å². The summed E-state index contributed by atoms with van der Waals surface area (Å²) < 4.78 is 1.68. The van der Waals surface area contributed by atoms with Gasteiger partial charge in [0.25, 0.3) is 0 Å². The number of hydrogen-bond donors (Lipinski definition) is 1. The molecule has 2 rings (SSSR count). The molecule has 0 amide bonds. The molecule has 1 aromatic rings. The zero-order valence-electron chi connectivity index (χ0n) is 8.77. The average molecular weight is 195 g/mol. The van der Waals surface area contributed by atoms with E-state index in [1.54, 1.807) is 4.68 Å². The number of nitrogens with zero attached hydrogens (tertiary/aromatic N) is 3. The van der Waals surface area contributed by atoms with Gasteiger partial charge in [0.1, 0.15) is 0 Å². The van der Waals surface area contributed by atoms with E-state index in [1.807, 2.05) is 13.2 Å². The van der Waals surface area contributed by atoms with Gasteiger partial charge in [-0.15, -0.1) is 5.10 Å². The highest BCUT2D eigenvalue weighted by Gasteiger charge is 2.38. The first-order valence-corrected chi connectivity index (χ1v) is 5.18. The summed E-state index contributed by atoms with van der Waals surface area (Å²) in [5.74, 6) is 0.379. The van der Waals surface area contributed by atoms with Gasteiger partial charge >= 0.3 is 0 Å². The van der Waals surface area contributed by atoms with Crippen LogP contribution in [0, 0.1) is 5.92 Å². The van der Waals surface area contributed by atoms with Gasteiger partial charge in [-0.2, -0.15) is 0 Å². The standard InChI is InChI=1S/C10H17N3O/c1-8-4-3-5-10(8,14)6-9-7-13(2)12-11-9/h7-8,14H,3-6H2,1-2H3. The Balaban J connectivity index is 2.10. The molecule has 1 heterocycles. The lowest BCUT2D eigenvalue weighted by Crippen LogP contribution is -2.34. The summed E-state index contributed by atoms with van der Waals surface area (Å²) in [4.78, 5) is 0. The number of rotatable bonds is 2. The quantitative estimate of drug-likeness (QED) is 0.763. The monoisotopic (exact) mass is 195 g/mol. The number of hydrogen-bond acceptors (Lipinski definition) is 3. The predicted octanol–water partition coefficient (Wildman–Crippen LogP) is 0.909. The van der Waals surface area contributed by atoms with Crippen molar-refractivity contribution in [1.29, 1.82) is 0 Å². The molecule has 1 fully saturated rings. The third-order valence-corrected chi connectivity index (χ3v) is 3.30. The van der Waals surface area contributed by atoms with Crippen LogP contribution in [-0.2, 0) is 13.5 Å². The Bertz CT molecular complexity index is 323. The Morgan fingerprint density at radius 3 is 3.00 bits per heavy atom. The van der Waals surface area contributed by atoms with Crippen LogP contribution in [0.3, 0.4) is 0 Å². The largest absolute Gasteiger partial charge is 0.389 e. The van der Waals surface area contributed by atoms with Crippen molar-refractivity contribution in [1.82, 2.24) is 15.0 Å². The van der Waals surface area contributed by atoms with Gasteiger partial charge in [-0.05, 0) is 18.8 Å². The van der Waals surface area contributed by atoms with Gasteiger partial charge < -0.3 is 5.11 Å². The fourth-order valence-electron chi connectivity index (χ4n) is 2.28. The third-order valence-electron chi connectivity index (χ3n) is 3.30. The SMILES string of the molecule is CC1CCCC1(O)Cc1cn(C)nn1. The first-order chi connectivity index (χ1) is 6.60. The predicted molar refractivity (Wildman–Crippen MR) is 52.7 cm³/mol. The Labute approximate surface area is 83.9 Å². The van der Waals surface area contributed by atoms with Crippen molar-refractivity contribution in [2.45, 2.75) is 38.2 Å². The van der Waals surface area contributed by atoms with Crippen molar-refractivity contribution in [3.63, 3.8) is 0 Å². The molecule has 1 aliphatic carbocycles. The van der Waals surface area contributed by atoms with Gasteiger partial charge in [-0.1, -0.05) is 18.6 Å². The molecular formula is C10H17N3O. The van der Waals surface area contributed by atoms with Gasteiger partial charge in [0, 0.05) is 19.7 Å². The highest BCUT2D eigenvalue weighted by molar-refractivity contribution is 5.03. The zero-order chi connectivity index (χ0) is 10.2. The van der Waals surface area contributed by atoms with Crippen LogP contribution >= 0.6 is 0 Å². The van der Waals surface area contributed by atoms with E-state index in [-0.39, 0.29) is 0 Å². The van der Waals surface area contributed by atoms with Gasteiger partial charge in [0.05, 0.1) is 11.3 Å². The van der Waals surface area contributed by atoms with Crippen LogP contribution in [-0.4, -0.2) is 25.7 Å². The maximum Gasteiger partial charge on any atom is 0.0855 e. The van der Waals surface area contributed by atoms with E-state index >= 15 is 0 Å². The van der Waals surface area contributed by atoms with Crippen molar-refractivity contribution in [2.75, 3.05) is 0 Å². The maximum absolute atomic E-state index is 10.3. The Hall–Kier alpha value is -0.900. The maximum atomic E-state index is 10.3. The molecule has 4 heteroatoms. The molecule has 2 unspecified atom stereocenters. The second-order valence-corrected chi connectivity index (χ2v) is 4.46. The molecule has 0 aromatic carbocycles. The first kappa shape index (κ1) is 9.65. The Kier molecular flexibility index (Phi) is 2.31. The number of aromatic nitrogens is 3. The Morgan fingerprint density at radius 1 is 1.71 bits per heavy atom. The van der Waals surface area contributed by atoms with E-state index in [9.17, 15) is 5.11 Å². The van der Waals surface area contributed by atoms with Crippen molar-refractivity contribution < 1.29 is 5.11 Å². The topological polar surface area (TPSA) is 50.9 Å². The molecule has 1 aromatic heterocycles. The average Bonchev–Trinajstić information content (AvgIpc) is 2.62. The summed E-state index contributed by atoms with van der Waals surface area (Å²) in [5, 5.41) is 18.2. The van der Waals surface area contributed by atoms with Crippen molar-refractivity contribution >= 4 is 0 Å². The minimum Gasteiger partial charge on any atom is -0.389 e. The second-order valence-electron chi connectivity index (χ2n) is 4.46. The number of aliphatic hydroxyl groups is 1. The molecule has 0 saturated heterocycles. The summed E-state index contributed by atoms with van der Waals surface area (Å²) in [6.07, 6.45) is 5.66. The molecule has 78 valence electrons. The molecule has 2 atom stereocenters. The van der Waals surface area contributed by atoms with Crippen molar-refractivity contribution in [3.8, 4) is 0 Å². The van der Waals surface area contributed by atoms with E-state index in [4.69, 9.17) is 0 Å². The molecule has 0 bridgehead atoms. The fourth-order valence-corrected chi connectivity index (χ4v) is 2.28. The van der Waals surface area contributed by atoms with Crippen molar-refractivity contribution in [2.24, 2.45) is 13.0 Å². The summed E-state index contributed by atoms with van der Waals surface area (Å²) in [6, 6.07) is 0. The molecule has 4 nitrogen and oxygen atoms in total. The van der Waals surface area contributed by atoms with Gasteiger partial charge in [-0.25, -0.2) is 0 Å². The molecule has 1 N–H and O–H groups in total. The van der Waals surface area contributed by atoms with Gasteiger partial charge in [-0.3, -0.25) is 4.68 Å². The lowest BCUT2D eigenvalue weighted by Gasteiger charge is -2.26. The lowest BCUT2D eigenvalue weighted by atomic mass is 9.88. The molecular weight excluding hydrogens is 178 g/mol. The van der Waals surface area contributed by atoms with E-state index in [2.05, 4.69) is 17.2 Å². The van der Waals surface area contributed by atoms with Gasteiger partial charge in [0.15, 0.2) is 0 Å². The van der Waals surface area contributed by atoms with Crippen LogP contribution in [0.1, 0.15) is 31.9 Å². The van der Waals surface area contributed by atoms with Crippen LogP contribution < -0.4 is 0 Å². The fraction of sp³-hybridized carbons (Fsp3) is 0.800. The highest BCUT2D eigenvalue weighted by atomic mass is 16.3. The highest BCUT2D eigenvalue weighted by Crippen LogP contribution is 2.37. The van der Waals surface area contributed by atoms with Crippen molar-refractivity contribution in [3.05, 3.63) is 11.9 Å². The van der Waals surface area contributed by atoms with Gasteiger partial charge in [0.2, 0.25) is 0 Å². The molecule has 0 radical (unpaired) electrons. The zero-order valence-corrected chi connectivity index (χ0v) is 8.77. The van der Waals surface area contributed by atoms with E-state index < -0.39 is 5.60 Å². The van der Waals surface area contributed by atoms with Crippen LogP contribution in [0.25, 0.3) is 0 Å². The minimum atomic E-state index is -0.546. The molecule has 0 spiro atoms. The van der Waals surface area contributed by atoms with Crippen LogP contribution in [0.15, 0.2) is 6.20 Å². The summed E-state index contributed by atoms with van der Waals surface area (Å²) in [7, 11) is 1.85. The summed E-state index contributed by atoms with van der Waals surface area (Å²) in [6.45, 7) is 2.11. The molecule has 1 saturated carbocycles. The third kappa shape index (κ3) is 1.66. The van der Waals surface area contributed by atoms with E-state index in [1.165, 1.54) is 0 Å². The normalized spacial score (nSPS) is 32.4. The first-order valence-electron chi connectivity index (χ1n) is 5.18. The molecule has 0 aliphatic heterocycles. The number of aryl methyl sites for hydroxylation is 1. The molecule has 1 aliphatic rings. The van der Waals surface area contributed by atoms with Crippen LogP contribution in [0.4, 0.5) is 0 Å². The van der Waals surface area contributed by atoms with Crippen LogP contribution in [0.5, 0.6) is 0 Å². The van der Waals surface area contributed by atoms with E-state index in [0.717, 1.165) is 25.0 Å². The smallest absolute Gasteiger partial charge is 0.0855 e. The summed E-state index contributed by atoms with van der Waals surface area (Å²) in [5.41, 5.74) is 0.347.